The lowest BCUT2D eigenvalue weighted by Gasteiger charge is -2.29. The Morgan fingerprint density at radius 2 is 1.33 bits per heavy atom. The molecule has 21 heavy (non-hydrogen) atoms. The Labute approximate surface area is 134 Å². The summed E-state index contributed by atoms with van der Waals surface area (Å²) in [5.41, 5.74) is 0. The van der Waals surface area contributed by atoms with Gasteiger partial charge in [0.05, 0.1) is 0 Å². The maximum atomic E-state index is 4.03. The lowest BCUT2D eigenvalue weighted by molar-refractivity contribution is 0.288. The molecule has 1 rings (SSSR count). The molecule has 1 saturated carbocycles. The smallest absolute Gasteiger partial charge is 0.00696 e. The molecule has 1 nitrogen and oxygen atoms in total. The molecule has 0 bridgehead atoms. The summed E-state index contributed by atoms with van der Waals surface area (Å²) in [5, 5.41) is 4.03. The van der Waals surface area contributed by atoms with Crippen LogP contribution in [0.2, 0.25) is 0 Å². The molecule has 0 amide bonds. The maximum Gasteiger partial charge on any atom is 0.00696 e. The van der Waals surface area contributed by atoms with Crippen LogP contribution in [-0.2, 0) is 0 Å². The van der Waals surface area contributed by atoms with Crippen molar-refractivity contribution >= 4 is 0 Å². The van der Waals surface area contributed by atoms with Crippen LogP contribution in [0, 0.1) is 5.92 Å². The van der Waals surface area contributed by atoms with Crippen LogP contribution in [0.1, 0.15) is 111 Å². The van der Waals surface area contributed by atoms with Gasteiger partial charge in [0.25, 0.3) is 0 Å². The van der Waals surface area contributed by atoms with Crippen molar-refractivity contribution in [2.75, 3.05) is 0 Å². The molecule has 0 saturated heterocycles. The Morgan fingerprint density at radius 1 is 0.810 bits per heavy atom. The minimum absolute atomic E-state index is 0.733. The van der Waals surface area contributed by atoms with Crippen LogP contribution in [0.3, 0.4) is 0 Å². The second kappa shape index (κ2) is 12.5. The fraction of sp³-hybridized carbons (Fsp3) is 1.00. The highest BCUT2D eigenvalue weighted by Gasteiger charge is 2.21. The summed E-state index contributed by atoms with van der Waals surface area (Å²) in [6.07, 6.45) is 19.9. The third-order valence-electron chi connectivity index (χ3n) is 5.42. The van der Waals surface area contributed by atoms with Crippen LogP contribution in [0.5, 0.6) is 0 Å². The Kier molecular flexibility index (Phi) is 11.3. The van der Waals surface area contributed by atoms with Crippen LogP contribution < -0.4 is 5.32 Å². The monoisotopic (exact) mass is 295 g/mol. The van der Waals surface area contributed by atoms with E-state index in [1.54, 1.807) is 0 Å². The molecule has 0 spiro atoms. The van der Waals surface area contributed by atoms with Crippen molar-refractivity contribution in [3.63, 3.8) is 0 Å². The van der Waals surface area contributed by atoms with Gasteiger partial charge in [-0.2, -0.15) is 0 Å². The van der Waals surface area contributed by atoms with E-state index in [0.717, 1.165) is 18.0 Å². The lowest BCUT2D eigenvalue weighted by Crippen LogP contribution is -2.41. The topological polar surface area (TPSA) is 12.0 Å². The second-order valence-electron chi connectivity index (χ2n) is 7.40. The minimum atomic E-state index is 0.733. The van der Waals surface area contributed by atoms with Gasteiger partial charge in [-0.3, -0.25) is 0 Å². The Balaban J connectivity index is 2.36. The van der Waals surface area contributed by atoms with Crippen LogP contribution in [0.25, 0.3) is 0 Å². The highest BCUT2D eigenvalue weighted by Crippen LogP contribution is 2.26. The molecule has 1 atom stereocenters. The zero-order valence-electron chi connectivity index (χ0n) is 15.1. The number of rotatable bonds is 11. The summed E-state index contributed by atoms with van der Waals surface area (Å²) in [6, 6.07) is 1.51. The summed E-state index contributed by atoms with van der Waals surface area (Å²) in [4.78, 5) is 0. The SMILES string of the molecule is CCCCCC(CCCCC)N[C@H](C)C1CCCCCC1. The molecule has 0 unspecified atom stereocenters. The number of hydrogen-bond donors (Lipinski definition) is 1. The van der Waals surface area contributed by atoms with E-state index >= 15 is 0 Å². The van der Waals surface area contributed by atoms with Crippen LogP contribution in [0.15, 0.2) is 0 Å². The highest BCUT2D eigenvalue weighted by atomic mass is 14.9. The molecule has 0 aromatic carbocycles. The molecular formula is C20H41N. The third-order valence-corrected chi connectivity index (χ3v) is 5.42. The molecule has 0 radical (unpaired) electrons. The first-order valence-electron chi connectivity index (χ1n) is 10.0. The molecule has 0 aliphatic heterocycles. The molecule has 1 heteroatoms. The standard InChI is InChI=1S/C20H41N/c1-4-6-10-16-20(17-11-7-5-2)21-18(3)19-14-12-8-9-13-15-19/h18-21H,4-17H2,1-3H3/t18-/m1/s1. The highest BCUT2D eigenvalue weighted by molar-refractivity contribution is 4.79. The summed E-state index contributed by atoms with van der Waals surface area (Å²) in [6.45, 7) is 7.09. The van der Waals surface area contributed by atoms with Crippen molar-refractivity contribution in [2.24, 2.45) is 5.92 Å². The molecule has 0 aromatic rings. The van der Waals surface area contributed by atoms with Crippen LogP contribution >= 0.6 is 0 Å². The Hall–Kier alpha value is -0.0400. The van der Waals surface area contributed by atoms with Gasteiger partial charge in [0, 0.05) is 12.1 Å². The van der Waals surface area contributed by atoms with Crippen molar-refractivity contribution in [3.05, 3.63) is 0 Å². The van der Waals surface area contributed by atoms with Gasteiger partial charge in [0.2, 0.25) is 0 Å². The van der Waals surface area contributed by atoms with Crippen molar-refractivity contribution in [3.8, 4) is 0 Å². The van der Waals surface area contributed by atoms with E-state index in [9.17, 15) is 0 Å². The normalized spacial score (nSPS) is 18.9. The van der Waals surface area contributed by atoms with E-state index in [-0.39, 0.29) is 0 Å². The number of nitrogens with one attached hydrogen (secondary N) is 1. The maximum absolute atomic E-state index is 4.03. The molecule has 0 aromatic heterocycles. The van der Waals surface area contributed by atoms with E-state index in [1.165, 1.54) is 89.9 Å². The summed E-state index contributed by atoms with van der Waals surface area (Å²) >= 11 is 0. The van der Waals surface area contributed by atoms with Gasteiger partial charge in [0.15, 0.2) is 0 Å². The quantitative estimate of drug-likeness (QED) is 0.340. The van der Waals surface area contributed by atoms with Gasteiger partial charge in [-0.15, -0.1) is 0 Å². The lowest BCUT2D eigenvalue weighted by atomic mass is 9.91. The van der Waals surface area contributed by atoms with Gasteiger partial charge in [-0.05, 0) is 38.5 Å². The van der Waals surface area contributed by atoms with E-state index in [2.05, 4.69) is 26.1 Å². The molecular weight excluding hydrogens is 254 g/mol. The first-order valence-corrected chi connectivity index (χ1v) is 10.0. The van der Waals surface area contributed by atoms with Crippen molar-refractivity contribution in [1.82, 2.24) is 5.32 Å². The van der Waals surface area contributed by atoms with Crippen molar-refractivity contribution in [1.29, 1.82) is 0 Å². The van der Waals surface area contributed by atoms with E-state index < -0.39 is 0 Å². The van der Waals surface area contributed by atoms with Crippen molar-refractivity contribution in [2.45, 2.75) is 123 Å². The summed E-state index contributed by atoms with van der Waals surface area (Å²) in [5.74, 6) is 0.937. The fourth-order valence-corrected chi connectivity index (χ4v) is 3.91. The predicted octanol–water partition coefficient (Wildman–Crippen LogP) is 6.46. The molecule has 1 N–H and O–H groups in total. The van der Waals surface area contributed by atoms with Gasteiger partial charge in [-0.1, -0.05) is 78.1 Å². The third kappa shape index (κ3) is 8.86. The second-order valence-corrected chi connectivity index (χ2v) is 7.40. The predicted molar refractivity (Wildman–Crippen MR) is 95.9 cm³/mol. The Bertz CT molecular complexity index is 208. The average Bonchev–Trinajstić information content (AvgIpc) is 2.76. The number of hydrogen-bond acceptors (Lipinski definition) is 1. The molecule has 1 fully saturated rings. The first kappa shape index (κ1) is 19.0. The molecule has 126 valence electrons. The first-order chi connectivity index (χ1) is 10.3. The minimum Gasteiger partial charge on any atom is -0.311 e. The fourth-order valence-electron chi connectivity index (χ4n) is 3.91. The van der Waals surface area contributed by atoms with Crippen molar-refractivity contribution < 1.29 is 0 Å². The number of unbranched alkanes of at least 4 members (excludes halogenated alkanes) is 4. The zero-order chi connectivity index (χ0) is 15.3. The van der Waals surface area contributed by atoms with Gasteiger partial charge in [-0.25, -0.2) is 0 Å². The van der Waals surface area contributed by atoms with Gasteiger partial charge in [0.1, 0.15) is 0 Å². The van der Waals surface area contributed by atoms with E-state index in [1.807, 2.05) is 0 Å². The summed E-state index contributed by atoms with van der Waals surface area (Å²) < 4.78 is 0. The van der Waals surface area contributed by atoms with Crippen LogP contribution in [-0.4, -0.2) is 12.1 Å². The van der Waals surface area contributed by atoms with Gasteiger partial charge >= 0.3 is 0 Å². The van der Waals surface area contributed by atoms with Crippen LogP contribution in [0.4, 0.5) is 0 Å². The molecule has 1 aliphatic carbocycles. The largest absolute Gasteiger partial charge is 0.311 e. The Morgan fingerprint density at radius 3 is 1.81 bits per heavy atom. The summed E-state index contributed by atoms with van der Waals surface area (Å²) in [7, 11) is 0. The van der Waals surface area contributed by atoms with E-state index in [0.29, 0.717) is 0 Å². The van der Waals surface area contributed by atoms with Gasteiger partial charge < -0.3 is 5.32 Å². The average molecular weight is 296 g/mol. The van der Waals surface area contributed by atoms with E-state index in [4.69, 9.17) is 0 Å². The molecule has 1 aliphatic rings. The molecule has 0 heterocycles. The zero-order valence-corrected chi connectivity index (χ0v) is 15.1.